The molecule has 10 rings (SSSR count). The quantitative estimate of drug-likeness (QED) is 0.190. The number of nitrogens with zero attached hydrogens (tertiary/aromatic N) is 4. The minimum atomic E-state index is -0.131. The minimum absolute atomic E-state index is 0.131. The molecule has 5 nitrogen and oxygen atoms in total. The molecule has 49 heavy (non-hydrogen) atoms. The number of rotatable bonds is 4. The van der Waals surface area contributed by atoms with Crippen molar-refractivity contribution in [1.29, 1.82) is 0 Å². The van der Waals surface area contributed by atoms with E-state index in [1.807, 2.05) is 60.7 Å². The van der Waals surface area contributed by atoms with Crippen molar-refractivity contribution < 1.29 is 4.42 Å². The molecule has 0 bridgehead atoms. The summed E-state index contributed by atoms with van der Waals surface area (Å²) in [5.74, 6) is 1.89. The van der Waals surface area contributed by atoms with Gasteiger partial charge in [-0.05, 0) is 64.7 Å². The molecular weight excluding hydrogens is 621 g/mol. The van der Waals surface area contributed by atoms with Crippen LogP contribution in [-0.4, -0.2) is 19.9 Å². The van der Waals surface area contributed by atoms with Crippen molar-refractivity contribution in [3.63, 3.8) is 0 Å². The van der Waals surface area contributed by atoms with Gasteiger partial charge in [-0.3, -0.25) is 0 Å². The average Bonchev–Trinajstić information content (AvgIpc) is 3.82. The molecule has 0 saturated carbocycles. The lowest BCUT2D eigenvalue weighted by Crippen LogP contribution is -2.15. The summed E-state index contributed by atoms with van der Waals surface area (Å²) < 4.78 is 7.54. The van der Waals surface area contributed by atoms with E-state index >= 15 is 0 Å². The van der Waals surface area contributed by atoms with Crippen LogP contribution in [0.5, 0.6) is 0 Å². The first kappa shape index (κ1) is 28.1. The maximum Gasteiger partial charge on any atom is 0.164 e. The lowest BCUT2D eigenvalue weighted by atomic mass is 9.82. The predicted octanol–water partition coefficient (Wildman–Crippen LogP) is 11.4. The highest BCUT2D eigenvalue weighted by Crippen LogP contribution is 2.49. The molecule has 9 aromatic rings. The SMILES string of the molecule is CC1(C)c2ccccc2-c2ccc(-c3nc(-c4ccccc4)nc(-c4ccc5oc6cccc(-c7nc8ccccc8s7)c6c5c4)n3)cc21. The maximum absolute atomic E-state index is 6.38. The Bertz CT molecular complexity index is 2730. The first-order valence-corrected chi connectivity index (χ1v) is 17.2. The highest BCUT2D eigenvalue weighted by atomic mass is 32.1. The Kier molecular flexibility index (Phi) is 6.02. The van der Waals surface area contributed by atoms with Gasteiger partial charge in [0.2, 0.25) is 0 Å². The molecule has 0 N–H and O–H groups in total. The minimum Gasteiger partial charge on any atom is -0.456 e. The van der Waals surface area contributed by atoms with Crippen LogP contribution in [0.3, 0.4) is 0 Å². The van der Waals surface area contributed by atoms with Crippen molar-refractivity contribution in [1.82, 2.24) is 19.9 Å². The fourth-order valence-corrected chi connectivity index (χ4v) is 8.32. The van der Waals surface area contributed by atoms with Crippen LogP contribution in [-0.2, 0) is 5.41 Å². The molecule has 0 fully saturated rings. The number of aromatic nitrogens is 4. The van der Waals surface area contributed by atoms with E-state index in [4.69, 9.17) is 24.4 Å². The van der Waals surface area contributed by atoms with Crippen LogP contribution in [0.2, 0.25) is 0 Å². The molecule has 0 amide bonds. The fourth-order valence-electron chi connectivity index (χ4n) is 7.33. The highest BCUT2D eigenvalue weighted by Gasteiger charge is 2.35. The second-order valence-electron chi connectivity index (χ2n) is 13.1. The monoisotopic (exact) mass is 648 g/mol. The summed E-state index contributed by atoms with van der Waals surface area (Å²) in [6, 6.07) is 46.1. The van der Waals surface area contributed by atoms with Gasteiger partial charge in [-0.1, -0.05) is 105 Å². The van der Waals surface area contributed by atoms with Gasteiger partial charge in [0.05, 0.1) is 10.2 Å². The number of fused-ring (bicyclic) bond motifs is 7. The van der Waals surface area contributed by atoms with Crippen LogP contribution < -0.4 is 0 Å². The van der Waals surface area contributed by atoms with E-state index in [-0.39, 0.29) is 5.41 Å². The van der Waals surface area contributed by atoms with E-state index in [2.05, 4.69) is 86.6 Å². The third kappa shape index (κ3) is 4.38. The topological polar surface area (TPSA) is 64.7 Å². The zero-order valence-electron chi connectivity index (χ0n) is 26.8. The molecule has 0 unspecified atom stereocenters. The highest BCUT2D eigenvalue weighted by molar-refractivity contribution is 7.21. The maximum atomic E-state index is 6.38. The van der Waals surface area contributed by atoms with Gasteiger partial charge in [0.1, 0.15) is 16.2 Å². The van der Waals surface area contributed by atoms with Crippen molar-refractivity contribution >= 4 is 43.5 Å². The molecule has 6 aromatic carbocycles. The zero-order chi connectivity index (χ0) is 32.7. The van der Waals surface area contributed by atoms with E-state index in [9.17, 15) is 0 Å². The number of hydrogen-bond acceptors (Lipinski definition) is 6. The smallest absolute Gasteiger partial charge is 0.164 e. The molecule has 1 aliphatic carbocycles. The van der Waals surface area contributed by atoms with Crippen LogP contribution in [0.15, 0.2) is 138 Å². The molecule has 0 aliphatic heterocycles. The fraction of sp³-hybridized carbons (Fsp3) is 0.0698. The third-order valence-corrected chi connectivity index (χ3v) is 10.9. The Labute approximate surface area is 286 Å². The van der Waals surface area contributed by atoms with Crippen molar-refractivity contribution in [2.24, 2.45) is 0 Å². The van der Waals surface area contributed by atoms with Crippen molar-refractivity contribution in [2.75, 3.05) is 0 Å². The number of thiazole rings is 1. The molecule has 3 aromatic heterocycles. The van der Waals surface area contributed by atoms with Gasteiger partial charge >= 0.3 is 0 Å². The van der Waals surface area contributed by atoms with Crippen LogP contribution in [0.1, 0.15) is 25.0 Å². The van der Waals surface area contributed by atoms with Gasteiger partial charge in [-0.2, -0.15) is 0 Å². The third-order valence-electron chi connectivity index (χ3n) is 9.79. The molecule has 1 aliphatic rings. The summed E-state index contributed by atoms with van der Waals surface area (Å²) in [5.41, 5.74) is 11.5. The van der Waals surface area contributed by atoms with Gasteiger partial charge < -0.3 is 4.42 Å². The summed E-state index contributed by atoms with van der Waals surface area (Å²) in [6.45, 7) is 4.59. The second kappa shape index (κ2) is 10.5. The van der Waals surface area contributed by atoms with Crippen molar-refractivity contribution in [3.05, 3.63) is 145 Å². The van der Waals surface area contributed by atoms with Gasteiger partial charge in [0, 0.05) is 38.4 Å². The summed E-state index contributed by atoms with van der Waals surface area (Å²) in [7, 11) is 0. The summed E-state index contributed by atoms with van der Waals surface area (Å²) >= 11 is 1.70. The lowest BCUT2D eigenvalue weighted by molar-refractivity contribution is 0.660. The number of hydrogen-bond donors (Lipinski definition) is 0. The number of para-hydroxylation sites is 1. The Morgan fingerprint density at radius 1 is 0.510 bits per heavy atom. The van der Waals surface area contributed by atoms with Gasteiger partial charge in [-0.15, -0.1) is 11.3 Å². The Balaban J connectivity index is 1.16. The van der Waals surface area contributed by atoms with E-state index in [0.717, 1.165) is 59.4 Å². The van der Waals surface area contributed by atoms with Crippen LogP contribution in [0.25, 0.3) is 88.0 Å². The molecular formula is C43H28N4OS. The zero-order valence-corrected chi connectivity index (χ0v) is 27.6. The standard InChI is InChI=1S/C43H28N4OS/c1-43(2)32-15-7-6-13-28(32)29-21-19-27(24-33(29)43)41-46-39(25-11-4-3-5-12-25)45-40(47-41)26-20-22-35-31(23-26)38-30(14-10-17-36(38)48-35)42-44-34-16-8-9-18-37(34)49-42/h3-24H,1-2H3. The average molecular weight is 649 g/mol. The summed E-state index contributed by atoms with van der Waals surface area (Å²) in [6.07, 6.45) is 0. The number of benzene rings is 6. The van der Waals surface area contributed by atoms with E-state index < -0.39 is 0 Å². The molecule has 232 valence electrons. The van der Waals surface area contributed by atoms with Gasteiger partial charge in [-0.25, -0.2) is 19.9 Å². The van der Waals surface area contributed by atoms with E-state index in [1.165, 1.54) is 22.3 Å². The molecule has 0 radical (unpaired) electrons. The molecule has 0 atom stereocenters. The van der Waals surface area contributed by atoms with Crippen LogP contribution in [0, 0.1) is 0 Å². The molecule has 0 spiro atoms. The first-order chi connectivity index (χ1) is 24.0. The van der Waals surface area contributed by atoms with Crippen LogP contribution >= 0.6 is 11.3 Å². The van der Waals surface area contributed by atoms with Crippen LogP contribution in [0.4, 0.5) is 0 Å². The van der Waals surface area contributed by atoms with E-state index in [1.54, 1.807) is 11.3 Å². The Morgan fingerprint density at radius 2 is 1.18 bits per heavy atom. The lowest BCUT2D eigenvalue weighted by Gasteiger charge is -2.21. The predicted molar refractivity (Wildman–Crippen MR) is 200 cm³/mol. The molecule has 6 heteroatoms. The summed E-state index contributed by atoms with van der Waals surface area (Å²) in [4.78, 5) is 20.2. The van der Waals surface area contributed by atoms with Crippen molar-refractivity contribution in [3.8, 4) is 55.9 Å². The summed E-state index contributed by atoms with van der Waals surface area (Å²) in [5, 5.41) is 3.01. The van der Waals surface area contributed by atoms with E-state index in [0.29, 0.717) is 17.5 Å². The largest absolute Gasteiger partial charge is 0.456 e. The Hall–Kier alpha value is -5.98. The second-order valence-corrected chi connectivity index (χ2v) is 14.1. The molecule has 0 saturated heterocycles. The normalized spacial score (nSPS) is 13.3. The molecule has 3 heterocycles. The van der Waals surface area contributed by atoms with Crippen molar-refractivity contribution in [2.45, 2.75) is 19.3 Å². The first-order valence-electron chi connectivity index (χ1n) is 16.4. The van der Waals surface area contributed by atoms with Gasteiger partial charge in [0.15, 0.2) is 17.5 Å². The van der Waals surface area contributed by atoms with Gasteiger partial charge in [0.25, 0.3) is 0 Å². The number of furan rings is 1. The Morgan fingerprint density at radius 3 is 2.02 bits per heavy atom.